The summed E-state index contributed by atoms with van der Waals surface area (Å²) in [5.41, 5.74) is 0. The fraction of sp³-hybridized carbons (Fsp3) is 0.952. The molecular weight excluding hydrogens is 967 g/mol. The van der Waals surface area contributed by atoms with Gasteiger partial charge in [0.1, 0.15) is 24.4 Å². The fourth-order valence-corrected chi connectivity index (χ4v) is 11.1. The van der Waals surface area contributed by atoms with Gasteiger partial charge in [0.2, 0.25) is 5.91 Å². The number of hydrogen-bond donors (Lipinski definition) is 6. The second-order valence-corrected chi connectivity index (χ2v) is 23.8. The van der Waals surface area contributed by atoms with Crippen LogP contribution in [0.3, 0.4) is 0 Å². The zero-order chi connectivity index (χ0) is 54.7. The van der Waals surface area contributed by atoms with E-state index in [9.17, 15) is 38.2 Å². The number of aliphatic hydroxyl groups is 4. The molecule has 1 fully saturated rings. The highest BCUT2D eigenvalue weighted by molar-refractivity contribution is 7.80. The Morgan fingerprint density at radius 1 is 0.520 bits per heavy atom. The second kappa shape index (κ2) is 52.2. The SMILES string of the molecule is CCCCCCCCCCCCCC/C=C\CCCCCCCCCCCC(=O)NC(COC1OC(CO)C(O)C(OS(=O)(=O)O)C1O)C(O)CCCCCCCCCCCCCCCCCCCCCCCCC. The van der Waals surface area contributed by atoms with Gasteiger partial charge in [-0.3, -0.25) is 9.35 Å². The normalized spacial score (nSPS) is 19.1. The van der Waals surface area contributed by atoms with Crippen LogP contribution < -0.4 is 5.32 Å². The van der Waals surface area contributed by atoms with Gasteiger partial charge in [0.25, 0.3) is 0 Å². The van der Waals surface area contributed by atoms with E-state index in [1.54, 1.807) is 0 Å². The molecule has 1 heterocycles. The number of carbonyl (C=O) groups is 1. The first-order chi connectivity index (χ1) is 36.5. The molecule has 1 rings (SSSR count). The molecule has 7 unspecified atom stereocenters. The number of amides is 1. The molecule has 1 aliphatic rings. The van der Waals surface area contributed by atoms with Crippen molar-refractivity contribution < 1.29 is 51.8 Å². The molecule has 7 atom stereocenters. The number of carbonyl (C=O) groups excluding carboxylic acids is 1. The summed E-state index contributed by atoms with van der Waals surface area (Å²) in [6, 6.07) is -0.858. The predicted octanol–water partition coefficient (Wildman–Crippen LogP) is 15.8. The Hall–Kier alpha value is -1.16. The van der Waals surface area contributed by atoms with Gasteiger partial charge in [-0.15, -0.1) is 0 Å². The number of unbranched alkanes of at least 4 members (excludes halogenated alkanes) is 43. The van der Waals surface area contributed by atoms with Crippen molar-refractivity contribution >= 4 is 16.3 Å². The summed E-state index contributed by atoms with van der Waals surface area (Å²) in [5.74, 6) is -0.225. The van der Waals surface area contributed by atoms with E-state index in [-0.39, 0.29) is 12.5 Å². The van der Waals surface area contributed by atoms with Crippen LogP contribution in [0.25, 0.3) is 0 Å². The van der Waals surface area contributed by atoms with Crippen LogP contribution in [-0.4, -0.2) is 95.4 Å². The average Bonchev–Trinajstić information content (AvgIpc) is 3.39. The first kappa shape index (κ1) is 71.9. The fourth-order valence-electron chi connectivity index (χ4n) is 10.6. The van der Waals surface area contributed by atoms with Gasteiger partial charge in [0.15, 0.2) is 6.29 Å². The summed E-state index contributed by atoms with van der Waals surface area (Å²) in [4.78, 5) is 13.2. The van der Waals surface area contributed by atoms with Gasteiger partial charge < -0.3 is 35.2 Å². The standard InChI is InChI=1S/C62H121NO11S/c1-3-5-7-9-11-13-15-17-19-21-23-25-27-28-30-32-34-36-38-40-42-44-46-48-50-52-58(66)63-55(54-72-62-60(68)61(74-75(69,70)71)59(67)57(53-64)73-62)56(65)51-49-47-45-43-41-39-37-35-33-31-29-26-24-22-20-18-16-14-12-10-8-6-4-2/h28,30,55-57,59-62,64-65,67-68H,3-27,29,31-54H2,1-2H3,(H,63,66)(H,69,70,71)/b30-28-. The van der Waals surface area contributed by atoms with Crippen molar-refractivity contribution in [1.82, 2.24) is 5.32 Å². The molecule has 0 spiro atoms. The summed E-state index contributed by atoms with van der Waals surface area (Å²) in [5, 5.41) is 45.2. The lowest BCUT2D eigenvalue weighted by Crippen LogP contribution is -2.61. The highest BCUT2D eigenvalue weighted by atomic mass is 32.3. The summed E-state index contributed by atoms with van der Waals surface area (Å²) in [6.45, 7) is 3.51. The minimum atomic E-state index is -5.08. The van der Waals surface area contributed by atoms with Gasteiger partial charge in [-0.1, -0.05) is 289 Å². The number of ether oxygens (including phenoxy) is 2. The Balaban J connectivity index is 2.30. The van der Waals surface area contributed by atoms with Crippen molar-refractivity contribution in [3.8, 4) is 0 Å². The first-order valence-corrected chi connectivity index (χ1v) is 33.4. The van der Waals surface area contributed by atoms with Crippen LogP contribution in [0.2, 0.25) is 0 Å². The number of aliphatic hydroxyl groups excluding tert-OH is 4. The van der Waals surface area contributed by atoms with Gasteiger partial charge in [0, 0.05) is 6.42 Å². The van der Waals surface area contributed by atoms with Gasteiger partial charge in [0.05, 0.1) is 25.4 Å². The Morgan fingerprint density at radius 2 is 0.853 bits per heavy atom. The van der Waals surface area contributed by atoms with E-state index in [2.05, 4.69) is 35.5 Å². The lowest BCUT2D eigenvalue weighted by atomic mass is 9.99. The van der Waals surface area contributed by atoms with Crippen molar-refractivity contribution in [2.75, 3.05) is 13.2 Å². The van der Waals surface area contributed by atoms with E-state index < -0.39 is 59.9 Å². The van der Waals surface area contributed by atoms with Crippen LogP contribution in [-0.2, 0) is 28.9 Å². The van der Waals surface area contributed by atoms with Crippen molar-refractivity contribution in [2.45, 2.75) is 365 Å². The van der Waals surface area contributed by atoms with Gasteiger partial charge in [-0.2, -0.15) is 8.42 Å². The molecule has 0 bridgehead atoms. The summed E-state index contributed by atoms with van der Waals surface area (Å²) >= 11 is 0. The zero-order valence-electron chi connectivity index (χ0n) is 48.6. The van der Waals surface area contributed by atoms with E-state index >= 15 is 0 Å². The lowest BCUT2D eigenvalue weighted by Gasteiger charge is -2.41. The van der Waals surface area contributed by atoms with Crippen molar-refractivity contribution in [3.63, 3.8) is 0 Å². The summed E-state index contributed by atoms with van der Waals surface area (Å²) in [6.07, 6.45) is 55.1. The molecule has 0 aromatic rings. The quantitative estimate of drug-likeness (QED) is 0.0193. The molecule has 0 radical (unpaired) electrons. The van der Waals surface area contributed by atoms with Crippen molar-refractivity contribution in [1.29, 1.82) is 0 Å². The number of hydrogen-bond acceptors (Lipinski definition) is 10. The monoisotopic (exact) mass is 1090 g/mol. The van der Waals surface area contributed by atoms with E-state index in [1.807, 2.05) is 0 Å². The average molecular weight is 1090 g/mol. The van der Waals surface area contributed by atoms with Crippen molar-refractivity contribution in [2.24, 2.45) is 0 Å². The van der Waals surface area contributed by atoms with E-state index in [1.165, 1.54) is 244 Å². The molecule has 0 aromatic heterocycles. The van der Waals surface area contributed by atoms with Gasteiger partial charge in [-0.05, 0) is 38.5 Å². The topological polar surface area (TPSA) is 192 Å². The maximum Gasteiger partial charge on any atom is 0.397 e. The number of allylic oxidation sites excluding steroid dienone is 2. The summed E-state index contributed by atoms with van der Waals surface area (Å²) < 4.78 is 48.0. The van der Waals surface area contributed by atoms with Crippen LogP contribution >= 0.6 is 0 Å². The third-order valence-electron chi connectivity index (χ3n) is 15.6. The molecule has 75 heavy (non-hydrogen) atoms. The van der Waals surface area contributed by atoms with Crippen LogP contribution in [0.4, 0.5) is 0 Å². The maximum atomic E-state index is 13.2. The maximum absolute atomic E-state index is 13.2. The van der Waals surface area contributed by atoms with Crippen LogP contribution in [0.1, 0.15) is 322 Å². The van der Waals surface area contributed by atoms with Crippen LogP contribution in [0.5, 0.6) is 0 Å². The molecule has 1 aliphatic heterocycles. The largest absolute Gasteiger partial charge is 0.397 e. The molecule has 12 nitrogen and oxygen atoms in total. The molecular formula is C62H121NO11S. The summed E-state index contributed by atoms with van der Waals surface area (Å²) in [7, 11) is -5.08. The molecule has 0 aromatic carbocycles. The smallest absolute Gasteiger partial charge is 0.394 e. The molecule has 6 N–H and O–H groups in total. The van der Waals surface area contributed by atoms with Crippen molar-refractivity contribution in [3.05, 3.63) is 12.2 Å². The minimum Gasteiger partial charge on any atom is -0.394 e. The molecule has 1 saturated heterocycles. The Kier molecular flexibility index (Phi) is 50.0. The van der Waals surface area contributed by atoms with E-state index in [0.29, 0.717) is 12.8 Å². The molecule has 446 valence electrons. The van der Waals surface area contributed by atoms with Gasteiger partial charge >= 0.3 is 10.4 Å². The molecule has 13 heteroatoms. The lowest BCUT2D eigenvalue weighted by molar-refractivity contribution is -0.298. The highest BCUT2D eigenvalue weighted by Crippen LogP contribution is 2.26. The Morgan fingerprint density at radius 3 is 1.20 bits per heavy atom. The minimum absolute atomic E-state index is 0.225. The zero-order valence-corrected chi connectivity index (χ0v) is 49.5. The number of nitrogens with one attached hydrogen (secondary N) is 1. The molecule has 0 aliphatic carbocycles. The van der Waals surface area contributed by atoms with Crippen LogP contribution in [0.15, 0.2) is 12.2 Å². The third-order valence-corrected chi connectivity index (χ3v) is 16.0. The second-order valence-electron chi connectivity index (χ2n) is 22.7. The third kappa shape index (κ3) is 44.3. The Labute approximate surface area is 461 Å². The first-order valence-electron chi connectivity index (χ1n) is 32.1. The Bertz CT molecular complexity index is 1370. The predicted molar refractivity (Wildman–Crippen MR) is 310 cm³/mol. The van der Waals surface area contributed by atoms with Crippen LogP contribution in [0, 0.1) is 0 Å². The highest BCUT2D eigenvalue weighted by Gasteiger charge is 2.48. The molecule has 0 saturated carbocycles. The molecule has 1 amide bonds. The van der Waals surface area contributed by atoms with E-state index in [4.69, 9.17) is 9.47 Å². The van der Waals surface area contributed by atoms with Gasteiger partial charge in [-0.25, -0.2) is 4.18 Å². The number of rotatable bonds is 57. The van der Waals surface area contributed by atoms with E-state index in [0.717, 1.165) is 51.4 Å².